The fraction of sp³-hybridized carbons (Fsp3) is 0.577. The molecule has 9 heteroatoms. The topological polar surface area (TPSA) is 68.8 Å². The van der Waals surface area contributed by atoms with Crippen LogP contribution in [-0.4, -0.2) is 79.0 Å². The molecule has 0 amide bonds. The number of morpholine rings is 1. The van der Waals surface area contributed by atoms with Crippen LogP contribution in [0.4, 0.5) is 17.6 Å². The van der Waals surface area contributed by atoms with Gasteiger partial charge in [0, 0.05) is 58.4 Å². The Kier molecular flexibility index (Phi) is 7.95. The van der Waals surface area contributed by atoms with Crippen molar-refractivity contribution in [2.75, 3.05) is 74.1 Å². The maximum absolute atomic E-state index is 5.60. The SMILES string of the molecule is C[C@@H]1CCCN(c2cc(N3CCc4ccccc4C3)nc(NC(=S)NCCN3CCOCC3)n2)C1. The number of thiocarbonyl (C=S) groups is 1. The maximum atomic E-state index is 5.60. The van der Waals surface area contributed by atoms with E-state index in [9.17, 15) is 0 Å². The average Bonchev–Trinajstić information content (AvgIpc) is 2.89. The summed E-state index contributed by atoms with van der Waals surface area (Å²) in [6.45, 7) is 11.5. The number of anilines is 3. The molecule has 2 N–H and O–H groups in total. The Morgan fingerprint density at radius 1 is 1.06 bits per heavy atom. The Morgan fingerprint density at radius 3 is 2.63 bits per heavy atom. The summed E-state index contributed by atoms with van der Waals surface area (Å²) in [5.41, 5.74) is 2.81. The minimum Gasteiger partial charge on any atom is -0.379 e. The van der Waals surface area contributed by atoms with Crippen molar-refractivity contribution in [2.24, 2.45) is 5.92 Å². The molecule has 0 bridgehead atoms. The molecular formula is C26H37N7OS. The molecule has 188 valence electrons. The van der Waals surface area contributed by atoms with E-state index < -0.39 is 0 Å². The van der Waals surface area contributed by atoms with Crippen molar-refractivity contribution in [1.82, 2.24) is 20.2 Å². The lowest BCUT2D eigenvalue weighted by Gasteiger charge is -2.34. The number of ether oxygens (including phenoxy) is 1. The van der Waals surface area contributed by atoms with Gasteiger partial charge >= 0.3 is 0 Å². The number of nitrogens with zero attached hydrogens (tertiary/aromatic N) is 5. The number of piperidine rings is 1. The van der Waals surface area contributed by atoms with Gasteiger partial charge in [-0.3, -0.25) is 4.90 Å². The zero-order valence-electron chi connectivity index (χ0n) is 20.7. The molecule has 2 fully saturated rings. The van der Waals surface area contributed by atoms with E-state index in [4.69, 9.17) is 26.9 Å². The molecule has 5 rings (SSSR count). The van der Waals surface area contributed by atoms with Gasteiger partial charge in [-0.1, -0.05) is 31.2 Å². The van der Waals surface area contributed by atoms with Crippen LogP contribution in [0.5, 0.6) is 0 Å². The van der Waals surface area contributed by atoms with E-state index in [0.717, 1.165) is 83.6 Å². The molecule has 0 radical (unpaired) electrons. The van der Waals surface area contributed by atoms with Crippen molar-refractivity contribution in [3.63, 3.8) is 0 Å². The van der Waals surface area contributed by atoms with Crippen LogP contribution in [0, 0.1) is 5.92 Å². The third kappa shape index (κ3) is 6.39. The van der Waals surface area contributed by atoms with Crippen molar-refractivity contribution >= 4 is 34.9 Å². The Bertz CT molecular complexity index is 1010. The Balaban J connectivity index is 1.29. The molecule has 1 aromatic heterocycles. The first-order valence-corrected chi connectivity index (χ1v) is 13.4. The summed E-state index contributed by atoms with van der Waals surface area (Å²) in [7, 11) is 0. The van der Waals surface area contributed by atoms with Crippen LogP contribution in [0.2, 0.25) is 0 Å². The molecule has 3 aliphatic rings. The van der Waals surface area contributed by atoms with Crippen LogP contribution in [0.15, 0.2) is 30.3 Å². The van der Waals surface area contributed by atoms with Gasteiger partial charge in [0.05, 0.1) is 13.2 Å². The Morgan fingerprint density at radius 2 is 1.83 bits per heavy atom. The van der Waals surface area contributed by atoms with Crippen molar-refractivity contribution in [3.8, 4) is 0 Å². The average molecular weight is 496 g/mol. The summed E-state index contributed by atoms with van der Waals surface area (Å²) in [5.74, 6) is 3.18. The molecule has 35 heavy (non-hydrogen) atoms. The molecule has 3 aliphatic heterocycles. The van der Waals surface area contributed by atoms with Crippen LogP contribution in [0.25, 0.3) is 0 Å². The van der Waals surface area contributed by atoms with E-state index in [0.29, 0.717) is 17.0 Å². The highest BCUT2D eigenvalue weighted by molar-refractivity contribution is 7.80. The molecule has 8 nitrogen and oxygen atoms in total. The summed E-state index contributed by atoms with van der Waals surface area (Å²) in [4.78, 5) is 16.9. The second-order valence-electron chi connectivity index (χ2n) is 9.88. The minimum absolute atomic E-state index is 0.567. The summed E-state index contributed by atoms with van der Waals surface area (Å²) >= 11 is 5.60. The third-order valence-electron chi connectivity index (χ3n) is 7.18. The quantitative estimate of drug-likeness (QED) is 0.589. The van der Waals surface area contributed by atoms with E-state index in [2.05, 4.69) is 62.6 Å². The van der Waals surface area contributed by atoms with E-state index in [1.54, 1.807) is 0 Å². The monoisotopic (exact) mass is 495 g/mol. The molecule has 1 aromatic carbocycles. The van der Waals surface area contributed by atoms with Crippen LogP contribution in [0.1, 0.15) is 30.9 Å². The second kappa shape index (κ2) is 11.5. The molecule has 0 aliphatic carbocycles. The first-order chi connectivity index (χ1) is 17.1. The van der Waals surface area contributed by atoms with Crippen LogP contribution < -0.4 is 20.4 Å². The highest BCUT2D eigenvalue weighted by Crippen LogP contribution is 2.29. The number of hydrogen-bond donors (Lipinski definition) is 2. The van der Waals surface area contributed by atoms with Gasteiger partial charge in [0.1, 0.15) is 11.6 Å². The number of aromatic nitrogens is 2. The summed E-state index contributed by atoms with van der Waals surface area (Å²) < 4.78 is 5.43. The maximum Gasteiger partial charge on any atom is 0.232 e. The van der Waals surface area contributed by atoms with E-state index >= 15 is 0 Å². The summed E-state index contributed by atoms with van der Waals surface area (Å²) in [6, 6.07) is 10.9. The first kappa shape index (κ1) is 24.2. The minimum atomic E-state index is 0.567. The number of benzene rings is 1. The molecule has 1 atom stereocenters. The van der Waals surface area contributed by atoms with E-state index in [-0.39, 0.29) is 0 Å². The summed E-state index contributed by atoms with van der Waals surface area (Å²) in [6.07, 6.45) is 3.50. The van der Waals surface area contributed by atoms with Gasteiger partial charge in [-0.05, 0) is 48.5 Å². The van der Waals surface area contributed by atoms with Crippen LogP contribution >= 0.6 is 12.2 Å². The van der Waals surface area contributed by atoms with Gasteiger partial charge in [0.15, 0.2) is 5.11 Å². The zero-order chi connectivity index (χ0) is 24.0. The predicted molar refractivity (Wildman–Crippen MR) is 145 cm³/mol. The number of fused-ring (bicyclic) bond motifs is 1. The second-order valence-corrected chi connectivity index (χ2v) is 10.3. The molecule has 2 saturated heterocycles. The lowest BCUT2D eigenvalue weighted by atomic mass is 10.00. The van der Waals surface area contributed by atoms with Gasteiger partial charge in [-0.25, -0.2) is 0 Å². The highest BCUT2D eigenvalue weighted by Gasteiger charge is 2.23. The third-order valence-corrected chi connectivity index (χ3v) is 7.42. The van der Waals surface area contributed by atoms with Gasteiger partial charge in [-0.2, -0.15) is 9.97 Å². The Labute approximate surface area is 214 Å². The highest BCUT2D eigenvalue weighted by atomic mass is 32.1. The molecule has 0 spiro atoms. The van der Waals surface area contributed by atoms with Crippen molar-refractivity contribution in [2.45, 2.75) is 32.7 Å². The van der Waals surface area contributed by atoms with Gasteiger partial charge < -0.3 is 25.2 Å². The molecular weight excluding hydrogens is 458 g/mol. The van der Waals surface area contributed by atoms with Crippen molar-refractivity contribution < 1.29 is 4.74 Å². The van der Waals surface area contributed by atoms with Crippen LogP contribution in [-0.2, 0) is 17.7 Å². The fourth-order valence-electron chi connectivity index (χ4n) is 5.19. The first-order valence-electron chi connectivity index (χ1n) is 12.9. The van der Waals surface area contributed by atoms with Gasteiger partial charge in [0.25, 0.3) is 0 Å². The molecule has 0 unspecified atom stereocenters. The number of hydrogen-bond acceptors (Lipinski definition) is 7. The van der Waals surface area contributed by atoms with Crippen molar-refractivity contribution in [3.05, 3.63) is 41.5 Å². The number of nitrogens with one attached hydrogen (secondary N) is 2. The smallest absolute Gasteiger partial charge is 0.232 e. The van der Waals surface area contributed by atoms with E-state index in [1.807, 2.05) is 0 Å². The lowest BCUT2D eigenvalue weighted by Crippen LogP contribution is -2.42. The predicted octanol–water partition coefficient (Wildman–Crippen LogP) is 2.89. The normalized spacial score (nSPS) is 20.9. The van der Waals surface area contributed by atoms with Gasteiger partial charge in [-0.15, -0.1) is 0 Å². The summed E-state index contributed by atoms with van der Waals surface area (Å²) in [5, 5.41) is 7.16. The van der Waals surface area contributed by atoms with E-state index in [1.165, 1.54) is 24.0 Å². The zero-order valence-corrected chi connectivity index (χ0v) is 21.5. The molecule has 0 saturated carbocycles. The largest absolute Gasteiger partial charge is 0.379 e. The molecule has 2 aromatic rings. The number of rotatable bonds is 6. The van der Waals surface area contributed by atoms with Crippen LogP contribution in [0.3, 0.4) is 0 Å². The Hall–Kier alpha value is -2.49. The fourth-order valence-corrected chi connectivity index (χ4v) is 5.38. The van der Waals surface area contributed by atoms with Gasteiger partial charge in [0.2, 0.25) is 5.95 Å². The van der Waals surface area contributed by atoms with Crippen molar-refractivity contribution in [1.29, 1.82) is 0 Å². The molecule has 4 heterocycles. The standard InChI is InChI=1S/C26H37N7OS/c1-20-5-4-10-32(18-20)23-17-24(33-11-8-21-6-2-3-7-22(21)19-33)29-25(28-23)30-26(35)27-9-12-31-13-15-34-16-14-31/h2-3,6-7,17,20H,4-5,8-16,18-19H2,1H3,(H2,27,28,29,30,35)/t20-/m1/s1. The lowest BCUT2D eigenvalue weighted by molar-refractivity contribution is 0.0389.